The van der Waals surface area contributed by atoms with Crippen LogP contribution in [0.15, 0.2) is 34.7 Å². The molecule has 4 heteroatoms. The Hall–Kier alpha value is -2.54. The number of Topliss-reactive ketones (excluding diaryl/α,β-unsaturated/α-hetero) is 1. The molecular formula is C13H10N2O2. The van der Waals surface area contributed by atoms with Gasteiger partial charge in [-0.3, -0.25) is 4.79 Å². The summed E-state index contributed by atoms with van der Waals surface area (Å²) < 4.78 is 5.39. The zero-order valence-electron chi connectivity index (χ0n) is 9.23. The monoisotopic (exact) mass is 226 g/mol. The second-order valence-electron chi connectivity index (χ2n) is 3.58. The summed E-state index contributed by atoms with van der Waals surface area (Å²) in [5.74, 6) is 0.0948. The van der Waals surface area contributed by atoms with E-state index in [9.17, 15) is 4.79 Å². The van der Waals surface area contributed by atoms with Gasteiger partial charge in [0, 0.05) is 12.5 Å². The van der Waals surface area contributed by atoms with Gasteiger partial charge in [0.1, 0.15) is 17.3 Å². The molecule has 2 rings (SSSR count). The summed E-state index contributed by atoms with van der Waals surface area (Å²) in [6, 6.07) is 11.1. The number of hydrogen-bond donors (Lipinski definition) is 1. The molecule has 0 fully saturated rings. The van der Waals surface area contributed by atoms with E-state index in [1.807, 2.05) is 24.3 Å². The highest BCUT2D eigenvalue weighted by molar-refractivity contribution is 5.99. The maximum atomic E-state index is 11.3. The number of carbonyl (C=O) groups is 1. The Morgan fingerprint density at radius 3 is 2.53 bits per heavy atom. The summed E-state index contributed by atoms with van der Waals surface area (Å²) in [7, 11) is 0. The molecule has 2 aromatic rings. The van der Waals surface area contributed by atoms with Crippen molar-refractivity contribution in [1.82, 2.24) is 0 Å². The van der Waals surface area contributed by atoms with Crippen LogP contribution in [0.25, 0.3) is 11.3 Å². The van der Waals surface area contributed by atoms with Gasteiger partial charge in [0.2, 0.25) is 0 Å². The highest BCUT2D eigenvalue weighted by Gasteiger charge is 2.21. The second kappa shape index (κ2) is 4.14. The number of nitrogens with zero attached hydrogens (tertiary/aromatic N) is 1. The first kappa shape index (κ1) is 11.0. The van der Waals surface area contributed by atoms with Crippen molar-refractivity contribution in [3.8, 4) is 17.4 Å². The highest BCUT2D eigenvalue weighted by Crippen LogP contribution is 2.32. The number of benzene rings is 1. The quantitative estimate of drug-likeness (QED) is 0.798. The van der Waals surface area contributed by atoms with Crippen molar-refractivity contribution >= 4 is 11.5 Å². The molecule has 0 bridgehead atoms. The van der Waals surface area contributed by atoms with Crippen LogP contribution in [-0.2, 0) is 0 Å². The molecule has 0 spiro atoms. The first-order valence-electron chi connectivity index (χ1n) is 5.04. The minimum absolute atomic E-state index is 0.0420. The Labute approximate surface area is 98.3 Å². The van der Waals surface area contributed by atoms with E-state index in [1.54, 1.807) is 12.1 Å². The van der Waals surface area contributed by atoms with E-state index in [2.05, 4.69) is 0 Å². The van der Waals surface area contributed by atoms with Crippen LogP contribution < -0.4 is 5.73 Å². The summed E-state index contributed by atoms with van der Waals surface area (Å²) in [5.41, 5.74) is 6.76. The summed E-state index contributed by atoms with van der Waals surface area (Å²) in [6.45, 7) is 1.35. The van der Waals surface area contributed by atoms with Gasteiger partial charge in [-0.15, -0.1) is 0 Å². The molecule has 1 aromatic carbocycles. The molecule has 0 atom stereocenters. The van der Waals surface area contributed by atoms with E-state index < -0.39 is 0 Å². The largest absolute Gasteiger partial charge is 0.449 e. The Bertz CT molecular complexity index is 606. The van der Waals surface area contributed by atoms with Crippen molar-refractivity contribution in [3.05, 3.63) is 41.7 Å². The van der Waals surface area contributed by atoms with Gasteiger partial charge in [-0.25, -0.2) is 0 Å². The third-order valence-corrected chi connectivity index (χ3v) is 2.41. The number of carbonyl (C=O) groups excluding carboxylic acids is 1. The fourth-order valence-electron chi connectivity index (χ4n) is 1.61. The molecule has 0 radical (unpaired) electrons. The Kier molecular flexibility index (Phi) is 2.67. The minimum atomic E-state index is -0.291. The normalized spacial score (nSPS) is 9.88. The number of hydrogen-bond acceptors (Lipinski definition) is 4. The highest BCUT2D eigenvalue weighted by atomic mass is 16.3. The van der Waals surface area contributed by atoms with E-state index in [4.69, 9.17) is 15.4 Å². The summed E-state index contributed by atoms with van der Waals surface area (Å²) in [6.07, 6.45) is 0. The fraction of sp³-hybridized carbons (Fsp3) is 0.0769. The number of rotatable bonds is 2. The van der Waals surface area contributed by atoms with Crippen LogP contribution >= 0.6 is 0 Å². The topological polar surface area (TPSA) is 80.0 Å². The van der Waals surface area contributed by atoms with Crippen molar-refractivity contribution in [3.63, 3.8) is 0 Å². The van der Waals surface area contributed by atoms with Crippen LogP contribution in [0.3, 0.4) is 0 Å². The second-order valence-corrected chi connectivity index (χ2v) is 3.58. The van der Waals surface area contributed by atoms with Gasteiger partial charge < -0.3 is 10.2 Å². The Morgan fingerprint density at radius 2 is 2.00 bits per heavy atom. The lowest BCUT2D eigenvalue weighted by Crippen LogP contribution is -1.96. The molecule has 84 valence electrons. The summed E-state index contributed by atoms with van der Waals surface area (Å²) in [4.78, 5) is 11.3. The van der Waals surface area contributed by atoms with Crippen LogP contribution in [-0.4, -0.2) is 5.78 Å². The third kappa shape index (κ3) is 1.79. The number of nitrogen functional groups attached to an aromatic ring is 1. The number of nitriles is 1. The SMILES string of the molecule is CC(=O)c1oc(-c2ccccc2)c(C#N)c1N. The van der Waals surface area contributed by atoms with Gasteiger partial charge in [0.05, 0.1) is 0 Å². The number of ketones is 1. The summed E-state index contributed by atoms with van der Waals surface area (Å²) in [5, 5.41) is 9.05. The van der Waals surface area contributed by atoms with Crippen LogP contribution in [0.5, 0.6) is 0 Å². The molecule has 0 aliphatic carbocycles. The van der Waals surface area contributed by atoms with Crippen molar-refractivity contribution in [2.24, 2.45) is 0 Å². The van der Waals surface area contributed by atoms with E-state index in [-0.39, 0.29) is 22.8 Å². The molecule has 17 heavy (non-hydrogen) atoms. The van der Waals surface area contributed by atoms with Gasteiger partial charge in [-0.05, 0) is 0 Å². The number of furan rings is 1. The Balaban J connectivity index is 2.68. The molecular weight excluding hydrogens is 216 g/mol. The van der Waals surface area contributed by atoms with E-state index in [0.29, 0.717) is 5.76 Å². The van der Waals surface area contributed by atoms with Crippen LogP contribution in [0.1, 0.15) is 23.0 Å². The fourth-order valence-corrected chi connectivity index (χ4v) is 1.61. The molecule has 2 N–H and O–H groups in total. The van der Waals surface area contributed by atoms with Gasteiger partial charge in [0.25, 0.3) is 0 Å². The minimum Gasteiger partial charge on any atom is -0.449 e. The number of anilines is 1. The van der Waals surface area contributed by atoms with Gasteiger partial charge >= 0.3 is 0 Å². The average Bonchev–Trinajstić information content (AvgIpc) is 2.67. The molecule has 0 aliphatic heterocycles. The van der Waals surface area contributed by atoms with E-state index in [0.717, 1.165) is 5.56 Å². The zero-order valence-corrected chi connectivity index (χ0v) is 9.23. The standard InChI is InChI=1S/C13H10N2O2/c1-8(16)12-11(15)10(7-14)13(17-12)9-5-3-2-4-6-9/h2-6H,15H2,1H3. The molecule has 0 saturated heterocycles. The molecule has 1 aromatic heterocycles. The molecule has 4 nitrogen and oxygen atoms in total. The van der Waals surface area contributed by atoms with Crippen molar-refractivity contribution in [2.75, 3.05) is 5.73 Å². The van der Waals surface area contributed by atoms with Crippen molar-refractivity contribution in [2.45, 2.75) is 6.92 Å². The smallest absolute Gasteiger partial charge is 0.197 e. The lowest BCUT2D eigenvalue weighted by molar-refractivity contribution is 0.0989. The van der Waals surface area contributed by atoms with E-state index >= 15 is 0 Å². The maximum Gasteiger partial charge on any atom is 0.197 e. The zero-order chi connectivity index (χ0) is 12.4. The predicted molar refractivity (Wildman–Crippen MR) is 63.3 cm³/mol. The number of nitrogens with two attached hydrogens (primary N) is 1. The maximum absolute atomic E-state index is 11.3. The molecule has 1 heterocycles. The average molecular weight is 226 g/mol. The third-order valence-electron chi connectivity index (χ3n) is 2.41. The molecule has 0 saturated carbocycles. The summed E-state index contributed by atoms with van der Waals surface area (Å²) >= 11 is 0. The van der Waals surface area contributed by atoms with Gasteiger partial charge in [-0.1, -0.05) is 30.3 Å². The van der Waals surface area contributed by atoms with Crippen molar-refractivity contribution < 1.29 is 9.21 Å². The molecule has 0 aliphatic rings. The lowest BCUT2D eigenvalue weighted by Gasteiger charge is -1.95. The first-order valence-corrected chi connectivity index (χ1v) is 5.04. The predicted octanol–water partition coefficient (Wildman–Crippen LogP) is 2.60. The molecule has 0 amide bonds. The Morgan fingerprint density at radius 1 is 1.35 bits per heavy atom. The first-order chi connectivity index (χ1) is 8.15. The molecule has 0 unspecified atom stereocenters. The van der Waals surface area contributed by atoms with Crippen LogP contribution in [0, 0.1) is 11.3 Å². The van der Waals surface area contributed by atoms with Gasteiger partial charge in [-0.2, -0.15) is 5.26 Å². The van der Waals surface area contributed by atoms with Gasteiger partial charge in [0.15, 0.2) is 17.3 Å². The lowest BCUT2D eigenvalue weighted by atomic mass is 10.1. The van der Waals surface area contributed by atoms with E-state index in [1.165, 1.54) is 6.92 Å². The van der Waals surface area contributed by atoms with Crippen LogP contribution in [0.2, 0.25) is 0 Å². The van der Waals surface area contributed by atoms with Crippen LogP contribution in [0.4, 0.5) is 5.69 Å². The van der Waals surface area contributed by atoms with Crippen molar-refractivity contribution in [1.29, 1.82) is 5.26 Å².